The van der Waals surface area contributed by atoms with Gasteiger partial charge in [-0.3, -0.25) is 14.7 Å². The molecule has 1 saturated heterocycles. The molecule has 0 saturated carbocycles. The summed E-state index contributed by atoms with van der Waals surface area (Å²) in [6, 6.07) is 2.36. The summed E-state index contributed by atoms with van der Waals surface area (Å²) >= 11 is 0. The lowest BCUT2D eigenvalue weighted by atomic mass is 10.1. The maximum absolute atomic E-state index is 12.9. The third-order valence-corrected chi connectivity index (χ3v) is 4.51. The van der Waals surface area contributed by atoms with E-state index in [-0.39, 0.29) is 25.1 Å². The van der Waals surface area contributed by atoms with E-state index in [0.717, 1.165) is 32.0 Å². The molecule has 1 aromatic rings. The molecule has 11 heteroatoms. The molecule has 0 bridgehead atoms. The van der Waals surface area contributed by atoms with E-state index >= 15 is 0 Å². The van der Waals surface area contributed by atoms with Crippen LogP contribution < -0.4 is 20.7 Å². The Morgan fingerprint density at radius 3 is 2.72 bits per heavy atom. The molecule has 0 spiro atoms. The van der Waals surface area contributed by atoms with Crippen molar-refractivity contribution < 1.29 is 22.7 Å². The van der Waals surface area contributed by atoms with Crippen molar-refractivity contribution >= 4 is 11.9 Å². The number of carbonyl (C=O) groups is 1. The van der Waals surface area contributed by atoms with Gasteiger partial charge < -0.3 is 20.7 Å². The fraction of sp³-hybridized carbons (Fsp3) is 0.611. The van der Waals surface area contributed by atoms with Gasteiger partial charge in [0.1, 0.15) is 12.2 Å². The number of halogens is 3. The second-order valence-electron chi connectivity index (χ2n) is 6.57. The van der Waals surface area contributed by atoms with Crippen molar-refractivity contribution in [1.29, 1.82) is 0 Å². The van der Waals surface area contributed by atoms with Gasteiger partial charge in [0.15, 0.2) is 5.96 Å². The number of likely N-dealkylation sites (N-methyl/N-ethyl adjacent to an activating group) is 1. The van der Waals surface area contributed by atoms with Crippen LogP contribution >= 0.6 is 0 Å². The Bertz CT molecular complexity index is 690. The molecule has 2 rings (SSSR count). The fourth-order valence-electron chi connectivity index (χ4n) is 2.94. The largest absolute Gasteiger partial charge is 0.475 e. The van der Waals surface area contributed by atoms with Gasteiger partial charge in [-0.2, -0.15) is 13.2 Å². The summed E-state index contributed by atoms with van der Waals surface area (Å²) in [5.74, 6) is 0.110. The summed E-state index contributed by atoms with van der Waals surface area (Å²) in [5, 5.41) is 8.93. The highest BCUT2D eigenvalue weighted by Crippen LogP contribution is 2.34. The zero-order valence-corrected chi connectivity index (χ0v) is 16.6. The Morgan fingerprint density at radius 1 is 1.38 bits per heavy atom. The van der Waals surface area contributed by atoms with Gasteiger partial charge in [0, 0.05) is 39.4 Å². The number of carbonyl (C=O) groups excluding carboxylic acids is 1. The molecule has 1 aliphatic heterocycles. The predicted molar refractivity (Wildman–Crippen MR) is 103 cm³/mol. The van der Waals surface area contributed by atoms with E-state index in [1.54, 1.807) is 14.1 Å². The average Bonchev–Trinajstić information content (AvgIpc) is 2.71. The molecule has 1 fully saturated rings. The van der Waals surface area contributed by atoms with Gasteiger partial charge >= 0.3 is 6.18 Å². The molecule has 0 unspecified atom stereocenters. The summed E-state index contributed by atoms with van der Waals surface area (Å²) < 4.78 is 44.0. The molecule has 1 amide bonds. The molecular weight excluding hydrogens is 389 g/mol. The molecule has 1 aromatic heterocycles. The van der Waals surface area contributed by atoms with Crippen LogP contribution in [-0.2, 0) is 11.0 Å². The number of rotatable bonds is 7. The van der Waals surface area contributed by atoms with E-state index in [1.807, 2.05) is 0 Å². The second kappa shape index (κ2) is 10.8. The van der Waals surface area contributed by atoms with Crippen LogP contribution in [0.25, 0.3) is 0 Å². The highest BCUT2D eigenvalue weighted by molar-refractivity contribution is 5.80. The lowest BCUT2D eigenvalue weighted by Gasteiger charge is -2.32. The normalized spacial score (nSPS) is 16.4. The van der Waals surface area contributed by atoms with Crippen LogP contribution in [0, 0.1) is 0 Å². The Labute approximate surface area is 167 Å². The molecular formula is C18H27F3N6O2. The number of nitrogens with one attached hydrogen (secondary N) is 3. The van der Waals surface area contributed by atoms with Crippen molar-refractivity contribution in [3.8, 4) is 5.88 Å². The maximum atomic E-state index is 12.9. The number of nitrogens with zero attached hydrogens (tertiary/aromatic N) is 3. The first kappa shape index (κ1) is 22.7. The van der Waals surface area contributed by atoms with Crippen molar-refractivity contribution in [3.63, 3.8) is 0 Å². The van der Waals surface area contributed by atoms with Crippen LogP contribution in [0.3, 0.4) is 0 Å². The number of pyridine rings is 1. The van der Waals surface area contributed by atoms with Crippen molar-refractivity contribution in [1.82, 2.24) is 25.8 Å². The number of hydrogen-bond acceptors (Lipinski definition) is 5. The summed E-state index contributed by atoms with van der Waals surface area (Å²) in [5.41, 5.74) is -0.897. The Morgan fingerprint density at radius 2 is 2.10 bits per heavy atom. The van der Waals surface area contributed by atoms with Crippen LogP contribution in [0.5, 0.6) is 5.88 Å². The minimum absolute atomic E-state index is 0.00419. The Kier molecular flexibility index (Phi) is 8.50. The number of amides is 1. The average molecular weight is 416 g/mol. The molecule has 162 valence electrons. The minimum Gasteiger partial charge on any atom is -0.475 e. The first-order valence-electron chi connectivity index (χ1n) is 9.38. The number of guanidine groups is 1. The summed E-state index contributed by atoms with van der Waals surface area (Å²) in [6.45, 7) is 2.26. The lowest BCUT2D eigenvalue weighted by molar-refractivity contribution is -0.139. The molecule has 3 N–H and O–H groups in total. The third-order valence-electron chi connectivity index (χ3n) is 4.51. The molecule has 29 heavy (non-hydrogen) atoms. The third kappa shape index (κ3) is 7.41. The molecule has 1 aliphatic rings. The van der Waals surface area contributed by atoms with E-state index in [0.29, 0.717) is 12.5 Å². The van der Waals surface area contributed by atoms with Crippen molar-refractivity contribution in [2.24, 2.45) is 4.99 Å². The Hall–Kier alpha value is -2.56. The van der Waals surface area contributed by atoms with Crippen LogP contribution in [0.15, 0.2) is 23.3 Å². The standard InChI is InChI=1S/C18H27F3N6O2/c1-22-15(28)12-27-9-5-13(6-10-27)26-17(23-2)25-8-11-29-16-14(18(19,20)21)4-3-7-24-16/h3-4,7,13H,5-6,8-12H2,1-2H3,(H,22,28)(H2,23,25,26). The van der Waals surface area contributed by atoms with Gasteiger partial charge in [-0.15, -0.1) is 0 Å². The van der Waals surface area contributed by atoms with E-state index < -0.39 is 17.6 Å². The molecule has 0 aromatic carbocycles. The number of ether oxygens (including phenoxy) is 1. The quantitative estimate of drug-likeness (QED) is 0.347. The van der Waals surface area contributed by atoms with Crippen LogP contribution in [0.2, 0.25) is 0 Å². The van der Waals surface area contributed by atoms with Gasteiger partial charge in [0.05, 0.1) is 13.1 Å². The smallest absolute Gasteiger partial charge is 0.421 e. The van der Waals surface area contributed by atoms with E-state index in [2.05, 4.69) is 30.8 Å². The van der Waals surface area contributed by atoms with Crippen LogP contribution in [-0.4, -0.2) is 74.7 Å². The molecule has 2 heterocycles. The monoisotopic (exact) mass is 416 g/mol. The topological polar surface area (TPSA) is 90.9 Å². The highest BCUT2D eigenvalue weighted by Gasteiger charge is 2.35. The summed E-state index contributed by atoms with van der Waals surface area (Å²) in [7, 11) is 3.24. The van der Waals surface area contributed by atoms with Gasteiger partial charge in [0.25, 0.3) is 0 Å². The highest BCUT2D eigenvalue weighted by atomic mass is 19.4. The fourth-order valence-corrected chi connectivity index (χ4v) is 2.94. The molecule has 0 aliphatic carbocycles. The van der Waals surface area contributed by atoms with Gasteiger partial charge in [-0.05, 0) is 25.0 Å². The van der Waals surface area contributed by atoms with Crippen LogP contribution in [0.4, 0.5) is 13.2 Å². The van der Waals surface area contributed by atoms with Crippen molar-refractivity contribution in [2.45, 2.75) is 25.1 Å². The number of hydrogen-bond donors (Lipinski definition) is 3. The lowest BCUT2D eigenvalue weighted by Crippen LogP contribution is -2.50. The minimum atomic E-state index is -4.51. The Balaban J connectivity index is 1.72. The van der Waals surface area contributed by atoms with Gasteiger partial charge in [0.2, 0.25) is 11.8 Å². The van der Waals surface area contributed by atoms with Crippen molar-refractivity contribution in [3.05, 3.63) is 23.9 Å². The molecule has 8 nitrogen and oxygen atoms in total. The van der Waals surface area contributed by atoms with Gasteiger partial charge in [-0.1, -0.05) is 0 Å². The first-order valence-corrected chi connectivity index (χ1v) is 9.38. The number of piperidine rings is 1. The number of likely N-dealkylation sites (tertiary alicyclic amines) is 1. The summed E-state index contributed by atoms with van der Waals surface area (Å²) in [4.78, 5) is 21.3. The van der Waals surface area contributed by atoms with Crippen LogP contribution in [0.1, 0.15) is 18.4 Å². The van der Waals surface area contributed by atoms with E-state index in [4.69, 9.17) is 4.74 Å². The maximum Gasteiger partial charge on any atom is 0.421 e. The number of aliphatic imine (C=N–C) groups is 1. The van der Waals surface area contributed by atoms with Gasteiger partial charge in [-0.25, -0.2) is 4.98 Å². The number of alkyl halides is 3. The molecule has 0 atom stereocenters. The SMILES string of the molecule is CN=C(NCCOc1ncccc1C(F)(F)F)NC1CCN(CC(=O)NC)CC1. The molecule has 0 radical (unpaired) electrons. The zero-order chi connectivity index (χ0) is 21.3. The first-order chi connectivity index (χ1) is 13.8. The zero-order valence-electron chi connectivity index (χ0n) is 16.6. The van der Waals surface area contributed by atoms with E-state index in [9.17, 15) is 18.0 Å². The van der Waals surface area contributed by atoms with Crippen molar-refractivity contribution in [2.75, 3.05) is 46.9 Å². The second-order valence-corrected chi connectivity index (χ2v) is 6.57. The number of aromatic nitrogens is 1. The van der Waals surface area contributed by atoms with E-state index in [1.165, 1.54) is 12.3 Å². The predicted octanol–water partition coefficient (Wildman–Crippen LogP) is 0.855. The summed E-state index contributed by atoms with van der Waals surface area (Å²) in [6.07, 6.45) is -1.54.